The first-order chi connectivity index (χ1) is 9.11. The van der Waals surface area contributed by atoms with Gasteiger partial charge in [0.05, 0.1) is 5.39 Å². The van der Waals surface area contributed by atoms with Gasteiger partial charge in [-0.3, -0.25) is 5.43 Å². The van der Waals surface area contributed by atoms with Crippen molar-refractivity contribution in [1.82, 2.24) is 14.9 Å². The highest BCUT2D eigenvalue weighted by Gasteiger charge is 2.08. The van der Waals surface area contributed by atoms with E-state index in [1.807, 2.05) is 11.4 Å². The van der Waals surface area contributed by atoms with Gasteiger partial charge in [-0.2, -0.15) is 4.98 Å². The van der Waals surface area contributed by atoms with E-state index in [2.05, 4.69) is 46.5 Å². The minimum absolute atomic E-state index is 0.440. The first-order valence-electron chi connectivity index (χ1n) is 6.27. The second kappa shape index (κ2) is 6.14. The van der Waals surface area contributed by atoms with Crippen molar-refractivity contribution in [2.75, 3.05) is 30.9 Å². The Hall–Kier alpha value is -1.44. The number of fused-ring (bicyclic) bond motifs is 1. The number of aromatic nitrogens is 2. The van der Waals surface area contributed by atoms with E-state index in [1.165, 1.54) is 0 Å². The molecule has 2 aromatic heterocycles. The zero-order chi connectivity index (χ0) is 13.8. The first kappa shape index (κ1) is 14.0. The Bertz CT molecular complexity index is 538. The molecule has 0 atom stereocenters. The van der Waals surface area contributed by atoms with Crippen LogP contribution in [0.25, 0.3) is 10.2 Å². The fourth-order valence-corrected chi connectivity index (χ4v) is 2.43. The largest absolute Gasteiger partial charge is 0.368 e. The van der Waals surface area contributed by atoms with Crippen molar-refractivity contribution in [3.8, 4) is 0 Å². The number of nitrogens with two attached hydrogens (primary N) is 1. The van der Waals surface area contributed by atoms with Crippen molar-refractivity contribution in [1.29, 1.82) is 0 Å². The van der Waals surface area contributed by atoms with E-state index in [9.17, 15) is 0 Å². The molecule has 0 saturated heterocycles. The summed E-state index contributed by atoms with van der Waals surface area (Å²) in [5, 5.41) is 6.40. The van der Waals surface area contributed by atoms with E-state index in [4.69, 9.17) is 5.84 Å². The summed E-state index contributed by atoms with van der Waals surface area (Å²) in [5.41, 5.74) is 2.50. The number of hydrogen-bond acceptors (Lipinski definition) is 7. The number of hydrogen-bond donors (Lipinski definition) is 3. The van der Waals surface area contributed by atoms with Gasteiger partial charge in [0, 0.05) is 19.1 Å². The van der Waals surface area contributed by atoms with Crippen molar-refractivity contribution in [3.05, 3.63) is 11.4 Å². The summed E-state index contributed by atoms with van der Waals surface area (Å²) in [5.74, 6) is 6.66. The number of anilines is 2. The summed E-state index contributed by atoms with van der Waals surface area (Å²) < 4.78 is 0. The molecule has 104 valence electrons. The van der Waals surface area contributed by atoms with Crippen LogP contribution in [0.1, 0.15) is 13.8 Å². The average Bonchev–Trinajstić information content (AvgIpc) is 2.86. The molecule has 0 saturated carbocycles. The van der Waals surface area contributed by atoms with Crippen LogP contribution in [0, 0.1) is 0 Å². The predicted molar refractivity (Wildman–Crippen MR) is 81.5 cm³/mol. The van der Waals surface area contributed by atoms with Gasteiger partial charge >= 0.3 is 0 Å². The lowest BCUT2D eigenvalue weighted by atomic mass is 10.3. The number of nitrogens with zero attached hydrogens (tertiary/aromatic N) is 3. The molecule has 0 fully saturated rings. The molecule has 0 unspecified atom stereocenters. The van der Waals surface area contributed by atoms with Gasteiger partial charge in [-0.25, -0.2) is 10.8 Å². The lowest BCUT2D eigenvalue weighted by Crippen LogP contribution is -2.31. The second-order valence-electron chi connectivity index (χ2n) is 4.68. The van der Waals surface area contributed by atoms with Gasteiger partial charge in [-0.1, -0.05) is 0 Å². The molecule has 0 aliphatic heterocycles. The Morgan fingerprint density at radius 3 is 2.89 bits per heavy atom. The van der Waals surface area contributed by atoms with Crippen LogP contribution >= 0.6 is 11.3 Å². The summed E-state index contributed by atoms with van der Waals surface area (Å²) >= 11 is 1.58. The molecule has 0 aliphatic rings. The zero-order valence-electron chi connectivity index (χ0n) is 11.5. The standard InChI is InChI=1S/C12H20N6S/c1-8(2)18(3)6-5-14-10-9-4-7-19-11(9)16-12(15-10)17-13/h4,7-8H,5-6,13H2,1-3H3,(H2,14,15,16,17). The summed E-state index contributed by atoms with van der Waals surface area (Å²) in [6, 6.07) is 2.56. The third-order valence-corrected chi connectivity index (χ3v) is 3.90. The summed E-state index contributed by atoms with van der Waals surface area (Å²) in [7, 11) is 2.11. The van der Waals surface area contributed by atoms with Gasteiger partial charge in [-0.05, 0) is 32.3 Å². The molecule has 7 heteroatoms. The predicted octanol–water partition coefficient (Wildman–Crippen LogP) is 1.73. The number of rotatable bonds is 6. The first-order valence-corrected chi connectivity index (χ1v) is 7.15. The van der Waals surface area contributed by atoms with Crippen molar-refractivity contribution in [2.24, 2.45) is 5.84 Å². The maximum Gasteiger partial charge on any atom is 0.240 e. The molecule has 6 nitrogen and oxygen atoms in total. The molecule has 19 heavy (non-hydrogen) atoms. The Balaban J connectivity index is 2.09. The minimum Gasteiger partial charge on any atom is -0.368 e. The molecule has 2 aromatic rings. The summed E-state index contributed by atoms with van der Waals surface area (Å²) in [4.78, 5) is 11.9. The molecular weight excluding hydrogens is 260 g/mol. The summed E-state index contributed by atoms with van der Waals surface area (Å²) in [6.45, 7) is 6.15. The number of nitrogens with one attached hydrogen (secondary N) is 2. The highest BCUT2D eigenvalue weighted by Crippen LogP contribution is 2.25. The Morgan fingerprint density at radius 2 is 2.21 bits per heavy atom. The van der Waals surface area contributed by atoms with Gasteiger partial charge in [0.2, 0.25) is 5.95 Å². The van der Waals surface area contributed by atoms with E-state index in [0.29, 0.717) is 12.0 Å². The van der Waals surface area contributed by atoms with Crippen LogP contribution < -0.4 is 16.6 Å². The maximum atomic E-state index is 5.39. The topological polar surface area (TPSA) is 79.1 Å². The monoisotopic (exact) mass is 280 g/mol. The fraction of sp³-hybridized carbons (Fsp3) is 0.500. The second-order valence-corrected chi connectivity index (χ2v) is 5.58. The molecule has 0 radical (unpaired) electrons. The van der Waals surface area contributed by atoms with Gasteiger partial charge in [0.15, 0.2) is 0 Å². The zero-order valence-corrected chi connectivity index (χ0v) is 12.3. The Kier molecular flexibility index (Phi) is 4.52. The molecule has 0 amide bonds. The average molecular weight is 280 g/mol. The Morgan fingerprint density at radius 1 is 1.42 bits per heavy atom. The highest BCUT2D eigenvalue weighted by molar-refractivity contribution is 7.16. The molecule has 0 bridgehead atoms. The molecule has 0 spiro atoms. The molecule has 0 aromatic carbocycles. The number of hydrazine groups is 1. The lowest BCUT2D eigenvalue weighted by molar-refractivity contribution is 0.284. The van der Waals surface area contributed by atoms with Crippen LogP contribution in [-0.2, 0) is 0 Å². The Labute approximate surface area is 117 Å². The van der Waals surface area contributed by atoms with Gasteiger partial charge < -0.3 is 10.2 Å². The maximum absolute atomic E-state index is 5.39. The molecule has 0 aliphatic carbocycles. The van der Waals surface area contributed by atoms with E-state index < -0.39 is 0 Å². The van der Waals surface area contributed by atoms with Crippen LogP contribution in [0.2, 0.25) is 0 Å². The third kappa shape index (κ3) is 3.31. The fourth-order valence-electron chi connectivity index (χ4n) is 1.66. The highest BCUT2D eigenvalue weighted by atomic mass is 32.1. The molecule has 4 N–H and O–H groups in total. The SMILES string of the molecule is CC(C)N(C)CCNc1nc(NN)nc2sccc12. The van der Waals surface area contributed by atoms with Crippen molar-refractivity contribution < 1.29 is 0 Å². The van der Waals surface area contributed by atoms with E-state index in [0.717, 1.165) is 29.1 Å². The van der Waals surface area contributed by atoms with Crippen LogP contribution in [0.15, 0.2) is 11.4 Å². The minimum atomic E-state index is 0.440. The van der Waals surface area contributed by atoms with E-state index in [-0.39, 0.29) is 0 Å². The number of nitrogen functional groups attached to an aromatic ring is 1. The van der Waals surface area contributed by atoms with Crippen molar-refractivity contribution in [3.63, 3.8) is 0 Å². The van der Waals surface area contributed by atoms with E-state index >= 15 is 0 Å². The number of thiophene rings is 1. The van der Waals surface area contributed by atoms with Crippen molar-refractivity contribution >= 4 is 33.3 Å². The number of likely N-dealkylation sites (N-methyl/N-ethyl adjacent to an activating group) is 1. The van der Waals surface area contributed by atoms with Gasteiger partial charge in [0.1, 0.15) is 10.6 Å². The van der Waals surface area contributed by atoms with Gasteiger partial charge in [-0.15, -0.1) is 11.3 Å². The van der Waals surface area contributed by atoms with Crippen LogP contribution in [0.5, 0.6) is 0 Å². The lowest BCUT2D eigenvalue weighted by Gasteiger charge is -2.21. The molecule has 2 heterocycles. The van der Waals surface area contributed by atoms with Crippen LogP contribution in [-0.4, -0.2) is 41.0 Å². The normalized spacial score (nSPS) is 11.5. The third-order valence-electron chi connectivity index (χ3n) is 3.09. The van der Waals surface area contributed by atoms with Crippen molar-refractivity contribution in [2.45, 2.75) is 19.9 Å². The quantitative estimate of drug-likeness (QED) is 0.552. The molecular formula is C12H20N6S. The molecule has 2 rings (SSSR count). The van der Waals surface area contributed by atoms with E-state index in [1.54, 1.807) is 11.3 Å². The smallest absolute Gasteiger partial charge is 0.240 e. The van der Waals surface area contributed by atoms with Gasteiger partial charge in [0.25, 0.3) is 0 Å². The van der Waals surface area contributed by atoms with Crippen LogP contribution in [0.3, 0.4) is 0 Å². The van der Waals surface area contributed by atoms with Crippen LogP contribution in [0.4, 0.5) is 11.8 Å². The summed E-state index contributed by atoms with van der Waals surface area (Å²) in [6.07, 6.45) is 0.